The molecular weight excluding hydrogens is 348 g/mol. The number of nitrogens with one attached hydrogen (secondary N) is 2. The molecule has 0 aliphatic rings. The zero-order valence-corrected chi connectivity index (χ0v) is 16.3. The summed E-state index contributed by atoms with van der Waals surface area (Å²) in [6.45, 7) is 2.37. The smallest absolute Gasteiger partial charge is 0.237 e. The topological polar surface area (TPSA) is 50.4 Å². The molecule has 0 saturated carbocycles. The maximum Gasteiger partial charge on any atom is 0.237 e. The predicted octanol–water partition coefficient (Wildman–Crippen LogP) is 4.08. The van der Waals surface area contributed by atoms with Crippen LogP contribution in [0.5, 0.6) is 5.75 Å². The lowest BCUT2D eigenvalue weighted by atomic mass is 9.98. The van der Waals surface area contributed by atoms with Crippen molar-refractivity contribution in [1.82, 2.24) is 10.6 Å². The number of hydrogen-bond donors (Lipinski definition) is 2. The lowest BCUT2D eigenvalue weighted by molar-refractivity contribution is -0.123. The van der Waals surface area contributed by atoms with E-state index in [1.54, 1.807) is 7.11 Å². The maximum absolute atomic E-state index is 12.6. The average Bonchev–Trinajstić information content (AvgIpc) is 2.77. The van der Waals surface area contributed by atoms with Crippen LogP contribution in [0.25, 0.3) is 0 Å². The quantitative estimate of drug-likeness (QED) is 0.625. The lowest BCUT2D eigenvalue weighted by Crippen LogP contribution is -2.43. The molecule has 0 aliphatic heterocycles. The molecule has 144 valence electrons. The number of amides is 1. The first-order chi connectivity index (χ1) is 13.7. The normalized spacial score (nSPS) is 11.8. The summed E-state index contributed by atoms with van der Waals surface area (Å²) in [5, 5.41) is 6.47. The molecule has 0 bridgehead atoms. The second-order valence-corrected chi connectivity index (χ2v) is 6.71. The van der Waals surface area contributed by atoms with Crippen molar-refractivity contribution >= 4 is 5.91 Å². The summed E-state index contributed by atoms with van der Waals surface area (Å²) >= 11 is 0. The Balaban J connectivity index is 1.65. The SMILES string of the molecule is COc1ccc(CNC(=O)[C@H](C)NC(c2ccccc2)c2ccccc2)cc1. The van der Waals surface area contributed by atoms with Crippen LogP contribution in [0.1, 0.15) is 29.7 Å². The van der Waals surface area contributed by atoms with Crippen molar-refractivity contribution in [3.05, 3.63) is 102 Å². The second-order valence-electron chi connectivity index (χ2n) is 6.71. The number of rotatable bonds is 8. The highest BCUT2D eigenvalue weighted by atomic mass is 16.5. The largest absolute Gasteiger partial charge is 0.497 e. The number of ether oxygens (including phenoxy) is 1. The van der Waals surface area contributed by atoms with Crippen LogP contribution in [0.2, 0.25) is 0 Å². The van der Waals surface area contributed by atoms with Crippen molar-refractivity contribution in [3.8, 4) is 5.75 Å². The number of methoxy groups -OCH3 is 1. The van der Waals surface area contributed by atoms with E-state index in [0.717, 1.165) is 22.4 Å². The molecule has 4 nitrogen and oxygen atoms in total. The zero-order chi connectivity index (χ0) is 19.8. The predicted molar refractivity (Wildman–Crippen MR) is 112 cm³/mol. The molecule has 0 aromatic heterocycles. The fourth-order valence-electron chi connectivity index (χ4n) is 3.09. The summed E-state index contributed by atoms with van der Waals surface area (Å²) in [6, 6.07) is 27.7. The van der Waals surface area contributed by atoms with Crippen LogP contribution in [-0.4, -0.2) is 19.1 Å². The van der Waals surface area contributed by atoms with Gasteiger partial charge in [-0.3, -0.25) is 10.1 Å². The molecule has 3 aromatic carbocycles. The van der Waals surface area contributed by atoms with Gasteiger partial charge in [0.25, 0.3) is 0 Å². The van der Waals surface area contributed by atoms with Gasteiger partial charge in [0.15, 0.2) is 0 Å². The number of carbonyl (C=O) groups is 1. The van der Waals surface area contributed by atoms with Gasteiger partial charge in [-0.05, 0) is 35.7 Å². The Morgan fingerprint density at radius 3 is 1.89 bits per heavy atom. The van der Waals surface area contributed by atoms with Gasteiger partial charge in [0.2, 0.25) is 5.91 Å². The van der Waals surface area contributed by atoms with E-state index in [1.165, 1.54) is 0 Å². The van der Waals surface area contributed by atoms with E-state index in [4.69, 9.17) is 4.74 Å². The van der Waals surface area contributed by atoms with Crippen LogP contribution in [0, 0.1) is 0 Å². The summed E-state index contributed by atoms with van der Waals surface area (Å²) in [6.07, 6.45) is 0. The van der Waals surface area contributed by atoms with Crippen molar-refractivity contribution in [3.63, 3.8) is 0 Å². The first-order valence-electron chi connectivity index (χ1n) is 9.44. The average molecular weight is 374 g/mol. The molecule has 0 unspecified atom stereocenters. The molecular formula is C24H26N2O2. The van der Waals surface area contributed by atoms with Crippen molar-refractivity contribution in [2.24, 2.45) is 0 Å². The minimum atomic E-state index is -0.344. The van der Waals surface area contributed by atoms with E-state index >= 15 is 0 Å². The third-order valence-corrected chi connectivity index (χ3v) is 4.70. The molecule has 3 rings (SSSR count). The van der Waals surface area contributed by atoms with Crippen LogP contribution in [0.4, 0.5) is 0 Å². The molecule has 2 N–H and O–H groups in total. The third-order valence-electron chi connectivity index (χ3n) is 4.70. The van der Waals surface area contributed by atoms with Crippen LogP contribution in [0.15, 0.2) is 84.9 Å². The molecule has 1 atom stereocenters. The highest BCUT2D eigenvalue weighted by Gasteiger charge is 2.20. The number of hydrogen-bond acceptors (Lipinski definition) is 3. The highest BCUT2D eigenvalue weighted by molar-refractivity contribution is 5.81. The van der Waals surface area contributed by atoms with E-state index < -0.39 is 0 Å². The van der Waals surface area contributed by atoms with Crippen LogP contribution >= 0.6 is 0 Å². The van der Waals surface area contributed by atoms with Gasteiger partial charge in [0.05, 0.1) is 19.2 Å². The summed E-state index contributed by atoms with van der Waals surface area (Å²) < 4.78 is 5.16. The summed E-state index contributed by atoms with van der Waals surface area (Å²) in [7, 11) is 1.64. The number of benzene rings is 3. The molecule has 0 spiro atoms. The van der Waals surface area contributed by atoms with Gasteiger partial charge in [-0.1, -0.05) is 72.8 Å². The highest BCUT2D eigenvalue weighted by Crippen LogP contribution is 2.22. The van der Waals surface area contributed by atoms with Gasteiger partial charge < -0.3 is 10.1 Å². The third kappa shape index (κ3) is 5.21. The van der Waals surface area contributed by atoms with E-state index in [0.29, 0.717) is 6.54 Å². The Kier molecular flexibility index (Phi) is 6.82. The molecule has 1 amide bonds. The van der Waals surface area contributed by atoms with E-state index in [1.807, 2.05) is 67.6 Å². The lowest BCUT2D eigenvalue weighted by Gasteiger charge is -2.24. The van der Waals surface area contributed by atoms with E-state index in [9.17, 15) is 4.79 Å². The Bertz CT molecular complexity index is 825. The van der Waals surface area contributed by atoms with Gasteiger partial charge >= 0.3 is 0 Å². The molecule has 28 heavy (non-hydrogen) atoms. The Morgan fingerprint density at radius 1 is 0.857 bits per heavy atom. The van der Waals surface area contributed by atoms with Crippen molar-refractivity contribution in [2.75, 3.05) is 7.11 Å². The standard InChI is InChI=1S/C24H26N2O2/c1-18(24(27)25-17-19-13-15-22(28-2)16-14-19)26-23(20-9-5-3-6-10-20)21-11-7-4-8-12-21/h3-16,18,23,26H,17H2,1-2H3,(H,25,27)/t18-/m0/s1. The first-order valence-corrected chi connectivity index (χ1v) is 9.44. The summed E-state index contributed by atoms with van der Waals surface area (Å²) in [5.74, 6) is 0.770. The minimum Gasteiger partial charge on any atom is -0.497 e. The minimum absolute atomic E-state index is 0.0346. The molecule has 0 saturated heterocycles. The van der Waals surface area contributed by atoms with Crippen LogP contribution < -0.4 is 15.4 Å². The molecule has 4 heteroatoms. The Labute approximate surface area is 166 Å². The van der Waals surface area contributed by atoms with Crippen molar-refractivity contribution in [1.29, 1.82) is 0 Å². The van der Waals surface area contributed by atoms with Crippen molar-refractivity contribution < 1.29 is 9.53 Å². The maximum atomic E-state index is 12.6. The molecule has 0 heterocycles. The van der Waals surface area contributed by atoms with E-state index in [2.05, 4.69) is 34.9 Å². The molecule has 0 aliphatic carbocycles. The second kappa shape index (κ2) is 9.72. The van der Waals surface area contributed by atoms with E-state index in [-0.39, 0.29) is 18.0 Å². The zero-order valence-electron chi connectivity index (χ0n) is 16.3. The fourth-order valence-corrected chi connectivity index (χ4v) is 3.09. The molecule has 0 radical (unpaired) electrons. The monoisotopic (exact) mass is 374 g/mol. The number of carbonyl (C=O) groups excluding carboxylic acids is 1. The van der Waals surface area contributed by atoms with Gasteiger partial charge in [-0.25, -0.2) is 0 Å². The Morgan fingerprint density at radius 2 is 1.39 bits per heavy atom. The van der Waals surface area contributed by atoms with Crippen molar-refractivity contribution in [2.45, 2.75) is 25.6 Å². The van der Waals surface area contributed by atoms with Crippen LogP contribution in [-0.2, 0) is 11.3 Å². The Hall–Kier alpha value is -3.11. The van der Waals surface area contributed by atoms with Crippen LogP contribution in [0.3, 0.4) is 0 Å². The van der Waals surface area contributed by atoms with Gasteiger partial charge in [0.1, 0.15) is 5.75 Å². The molecule has 0 fully saturated rings. The molecule has 3 aromatic rings. The van der Waals surface area contributed by atoms with Gasteiger partial charge in [0, 0.05) is 6.54 Å². The summed E-state index contributed by atoms with van der Waals surface area (Å²) in [4.78, 5) is 12.6. The van der Waals surface area contributed by atoms with Gasteiger partial charge in [-0.2, -0.15) is 0 Å². The fraction of sp³-hybridized carbons (Fsp3) is 0.208. The van der Waals surface area contributed by atoms with Gasteiger partial charge in [-0.15, -0.1) is 0 Å². The summed E-state index contributed by atoms with van der Waals surface area (Å²) in [5.41, 5.74) is 3.29. The first kappa shape index (κ1) is 19.6.